The molecule has 1 rings (SSSR count). The zero-order chi connectivity index (χ0) is 12.0. The molecule has 7 heteroatoms. The van der Waals surface area contributed by atoms with E-state index in [9.17, 15) is 4.79 Å². The minimum absolute atomic E-state index is 0.0596. The normalized spacial score (nSPS) is 9.69. The predicted octanol–water partition coefficient (Wildman–Crippen LogP) is 0.796. The summed E-state index contributed by atoms with van der Waals surface area (Å²) in [6, 6.07) is 0. The number of hydrogen-bond donors (Lipinski definition) is 2. The molecule has 1 aromatic heterocycles. The summed E-state index contributed by atoms with van der Waals surface area (Å²) < 4.78 is 5.66. The number of carbonyl (C=O) groups excluding carboxylic acids is 1. The second-order valence-electron chi connectivity index (χ2n) is 2.96. The van der Waals surface area contributed by atoms with Crippen molar-refractivity contribution in [3.05, 3.63) is 10.8 Å². The summed E-state index contributed by atoms with van der Waals surface area (Å²) in [5, 5.41) is 5.68. The van der Waals surface area contributed by atoms with Gasteiger partial charge in [-0.15, -0.1) is 0 Å². The first-order chi connectivity index (χ1) is 7.63. The van der Waals surface area contributed by atoms with E-state index in [0.29, 0.717) is 29.4 Å². The highest BCUT2D eigenvalue weighted by Gasteiger charge is 2.05. The molecule has 0 aliphatic rings. The molecule has 0 spiro atoms. The first kappa shape index (κ1) is 12.7. The van der Waals surface area contributed by atoms with Crippen LogP contribution in [0.2, 0.25) is 0 Å². The molecular formula is C9H13BrN4O2. The highest BCUT2D eigenvalue weighted by atomic mass is 79.9. The average Bonchev–Trinajstić information content (AvgIpc) is 2.25. The van der Waals surface area contributed by atoms with E-state index in [2.05, 4.69) is 36.5 Å². The van der Waals surface area contributed by atoms with Gasteiger partial charge in [0.05, 0.1) is 13.3 Å². The van der Waals surface area contributed by atoms with E-state index in [1.54, 1.807) is 6.20 Å². The van der Waals surface area contributed by atoms with Crippen LogP contribution in [0, 0.1) is 0 Å². The first-order valence-corrected chi connectivity index (χ1v) is 5.47. The van der Waals surface area contributed by atoms with Crippen molar-refractivity contribution < 1.29 is 9.53 Å². The molecule has 0 unspecified atom stereocenters. The number of aromatic nitrogens is 2. The van der Waals surface area contributed by atoms with Gasteiger partial charge in [-0.2, -0.15) is 0 Å². The first-order valence-electron chi connectivity index (χ1n) is 4.68. The van der Waals surface area contributed by atoms with Gasteiger partial charge in [-0.25, -0.2) is 9.97 Å². The van der Waals surface area contributed by atoms with Gasteiger partial charge in [-0.1, -0.05) is 0 Å². The van der Waals surface area contributed by atoms with Crippen LogP contribution < -0.4 is 15.4 Å². The maximum Gasteiger partial charge on any atom is 0.258 e. The molecular weight excluding hydrogens is 276 g/mol. The fourth-order valence-corrected chi connectivity index (χ4v) is 1.30. The molecule has 0 saturated heterocycles. The summed E-state index contributed by atoms with van der Waals surface area (Å²) in [5.74, 6) is 0.906. The van der Waals surface area contributed by atoms with Crippen molar-refractivity contribution in [1.82, 2.24) is 15.3 Å². The number of methoxy groups -OCH3 is 1. The van der Waals surface area contributed by atoms with Gasteiger partial charge in [0, 0.05) is 20.0 Å². The second-order valence-corrected chi connectivity index (χ2v) is 3.77. The largest absolute Gasteiger partial charge is 0.478 e. The molecule has 0 saturated carbocycles. The molecule has 0 bridgehead atoms. The Hall–Kier alpha value is -1.37. The standard InChI is InChI=1S/C9H13BrN4O2/c1-6(15)11-3-4-12-8-9(16-2)14-7(10)5-13-8/h5H,3-4H2,1-2H3,(H,11,15)(H,12,13). The summed E-state index contributed by atoms with van der Waals surface area (Å²) in [5.41, 5.74) is 0. The van der Waals surface area contributed by atoms with E-state index < -0.39 is 0 Å². The number of ether oxygens (including phenoxy) is 1. The van der Waals surface area contributed by atoms with Crippen LogP contribution in [0.25, 0.3) is 0 Å². The Morgan fingerprint density at radius 3 is 2.94 bits per heavy atom. The SMILES string of the molecule is COc1nc(Br)cnc1NCCNC(C)=O. The molecule has 0 atom stereocenters. The second kappa shape index (κ2) is 6.26. The highest BCUT2D eigenvalue weighted by molar-refractivity contribution is 9.10. The predicted molar refractivity (Wildman–Crippen MR) is 63.5 cm³/mol. The molecule has 0 aliphatic heterocycles. The van der Waals surface area contributed by atoms with Crippen molar-refractivity contribution >= 4 is 27.7 Å². The number of carbonyl (C=O) groups is 1. The Bertz CT molecular complexity index is 373. The van der Waals surface area contributed by atoms with Gasteiger partial charge in [-0.05, 0) is 15.9 Å². The summed E-state index contributed by atoms with van der Waals surface area (Å²) >= 11 is 3.20. The molecule has 0 aromatic carbocycles. The molecule has 1 heterocycles. The molecule has 0 radical (unpaired) electrons. The van der Waals surface area contributed by atoms with Crippen LogP contribution in [-0.2, 0) is 4.79 Å². The number of rotatable bonds is 5. The fourth-order valence-electron chi connectivity index (χ4n) is 1.03. The molecule has 6 nitrogen and oxygen atoms in total. The zero-order valence-corrected chi connectivity index (χ0v) is 10.7. The van der Waals surface area contributed by atoms with Crippen molar-refractivity contribution in [2.24, 2.45) is 0 Å². The van der Waals surface area contributed by atoms with Crippen molar-refractivity contribution in [3.63, 3.8) is 0 Å². The molecule has 1 aromatic rings. The Morgan fingerprint density at radius 1 is 1.56 bits per heavy atom. The monoisotopic (exact) mass is 288 g/mol. The van der Waals surface area contributed by atoms with E-state index >= 15 is 0 Å². The van der Waals surface area contributed by atoms with Gasteiger partial charge >= 0.3 is 0 Å². The Morgan fingerprint density at radius 2 is 2.31 bits per heavy atom. The van der Waals surface area contributed by atoms with Crippen molar-refractivity contribution in [3.8, 4) is 5.88 Å². The van der Waals surface area contributed by atoms with Crippen LogP contribution in [-0.4, -0.2) is 36.1 Å². The van der Waals surface area contributed by atoms with E-state index in [1.165, 1.54) is 14.0 Å². The summed E-state index contributed by atoms with van der Waals surface area (Å²) in [6.45, 7) is 2.56. The minimum Gasteiger partial charge on any atom is -0.478 e. The van der Waals surface area contributed by atoms with E-state index in [1.807, 2.05) is 0 Å². The topological polar surface area (TPSA) is 76.1 Å². The molecule has 0 fully saturated rings. The maximum absolute atomic E-state index is 10.6. The third kappa shape index (κ3) is 4.01. The maximum atomic E-state index is 10.6. The van der Waals surface area contributed by atoms with E-state index in [-0.39, 0.29) is 5.91 Å². The van der Waals surface area contributed by atoms with Crippen molar-refractivity contribution in [2.75, 3.05) is 25.5 Å². The minimum atomic E-state index is -0.0596. The molecule has 16 heavy (non-hydrogen) atoms. The van der Waals surface area contributed by atoms with Crippen LogP contribution in [0.4, 0.5) is 5.82 Å². The van der Waals surface area contributed by atoms with Gasteiger partial charge < -0.3 is 15.4 Å². The number of hydrogen-bond acceptors (Lipinski definition) is 5. The van der Waals surface area contributed by atoms with Crippen LogP contribution in [0.3, 0.4) is 0 Å². The Kier molecular flexibility index (Phi) is 4.97. The molecule has 88 valence electrons. The van der Waals surface area contributed by atoms with Crippen LogP contribution in [0.15, 0.2) is 10.8 Å². The lowest BCUT2D eigenvalue weighted by Crippen LogP contribution is -2.26. The Balaban J connectivity index is 2.50. The number of nitrogens with one attached hydrogen (secondary N) is 2. The van der Waals surface area contributed by atoms with E-state index in [4.69, 9.17) is 4.74 Å². The molecule has 1 amide bonds. The fraction of sp³-hybridized carbons (Fsp3) is 0.444. The van der Waals surface area contributed by atoms with Gasteiger partial charge in [0.15, 0.2) is 5.82 Å². The van der Waals surface area contributed by atoms with Crippen molar-refractivity contribution in [1.29, 1.82) is 0 Å². The Labute approximate surface area is 102 Å². The number of anilines is 1. The van der Waals surface area contributed by atoms with E-state index in [0.717, 1.165) is 0 Å². The third-order valence-corrected chi connectivity index (χ3v) is 2.08. The number of amides is 1. The summed E-state index contributed by atoms with van der Waals surface area (Å²) in [4.78, 5) is 18.8. The lowest BCUT2D eigenvalue weighted by atomic mass is 10.5. The summed E-state index contributed by atoms with van der Waals surface area (Å²) in [6.07, 6.45) is 1.57. The average molecular weight is 289 g/mol. The number of halogens is 1. The van der Waals surface area contributed by atoms with Crippen LogP contribution in [0.5, 0.6) is 5.88 Å². The highest BCUT2D eigenvalue weighted by Crippen LogP contribution is 2.20. The van der Waals surface area contributed by atoms with Crippen LogP contribution in [0.1, 0.15) is 6.92 Å². The molecule has 0 aliphatic carbocycles. The molecule has 2 N–H and O–H groups in total. The lowest BCUT2D eigenvalue weighted by Gasteiger charge is -2.09. The summed E-state index contributed by atoms with van der Waals surface area (Å²) in [7, 11) is 1.52. The zero-order valence-electron chi connectivity index (χ0n) is 9.08. The quantitative estimate of drug-likeness (QED) is 0.784. The van der Waals surface area contributed by atoms with Gasteiger partial charge in [0.25, 0.3) is 5.88 Å². The van der Waals surface area contributed by atoms with Gasteiger partial charge in [-0.3, -0.25) is 4.79 Å². The lowest BCUT2D eigenvalue weighted by molar-refractivity contribution is -0.118. The van der Waals surface area contributed by atoms with Crippen molar-refractivity contribution in [2.45, 2.75) is 6.92 Å². The van der Waals surface area contributed by atoms with Gasteiger partial charge in [0.1, 0.15) is 4.60 Å². The van der Waals surface area contributed by atoms with Crippen LogP contribution >= 0.6 is 15.9 Å². The smallest absolute Gasteiger partial charge is 0.258 e. The number of nitrogens with zero attached hydrogens (tertiary/aromatic N) is 2. The van der Waals surface area contributed by atoms with Gasteiger partial charge in [0.2, 0.25) is 5.91 Å². The third-order valence-electron chi connectivity index (χ3n) is 1.70.